The summed E-state index contributed by atoms with van der Waals surface area (Å²) in [6.07, 6.45) is 1.96. The van der Waals surface area contributed by atoms with E-state index in [9.17, 15) is 18.0 Å². The number of amides is 1. The Hall–Kier alpha value is -1.73. The molecule has 112 valence electrons. The summed E-state index contributed by atoms with van der Waals surface area (Å²) in [5.41, 5.74) is 0. The van der Waals surface area contributed by atoms with Gasteiger partial charge in [0, 0.05) is 13.5 Å². The van der Waals surface area contributed by atoms with Crippen molar-refractivity contribution in [2.75, 3.05) is 6.54 Å². The Morgan fingerprint density at radius 3 is 2.10 bits per heavy atom. The molecule has 3 N–H and O–H groups in total. The number of benzene rings is 1. The van der Waals surface area contributed by atoms with Crippen molar-refractivity contribution in [3.05, 3.63) is 30.3 Å². The van der Waals surface area contributed by atoms with Gasteiger partial charge in [0.25, 0.3) is 5.91 Å². The average Bonchev–Trinajstić information content (AvgIpc) is 2.39. The van der Waals surface area contributed by atoms with Gasteiger partial charge in [-0.05, 0) is 18.6 Å². The zero-order valence-corrected chi connectivity index (χ0v) is 12.4. The summed E-state index contributed by atoms with van der Waals surface area (Å²) < 4.78 is 21.2. The summed E-state index contributed by atoms with van der Waals surface area (Å²) in [4.78, 5) is 21.0. The zero-order valence-electron chi connectivity index (χ0n) is 11.6. The molecule has 1 aromatic rings. The predicted octanol–water partition coefficient (Wildman–Crippen LogP) is 0.826. The largest absolute Gasteiger partial charge is 0.350 e. The van der Waals surface area contributed by atoms with E-state index in [4.69, 9.17) is 5.14 Å². The van der Waals surface area contributed by atoms with Crippen LogP contribution in [0.4, 0.5) is 0 Å². The quantitative estimate of drug-likeness (QED) is 0.620. The van der Waals surface area contributed by atoms with Crippen molar-refractivity contribution in [1.82, 2.24) is 5.32 Å². The molecule has 0 unspecified atom stereocenters. The molecule has 0 aromatic heterocycles. The number of Topliss-reactive ketones (excluding diaryl/α,β-unsaturated/α-hetero) is 1. The molecule has 0 aliphatic heterocycles. The van der Waals surface area contributed by atoms with Crippen LogP contribution in [0.15, 0.2) is 35.2 Å². The molecule has 0 saturated carbocycles. The van der Waals surface area contributed by atoms with E-state index in [2.05, 4.69) is 5.32 Å². The van der Waals surface area contributed by atoms with Gasteiger partial charge in [-0.1, -0.05) is 31.5 Å². The number of hydrogen-bond donors (Lipinski definition) is 2. The Labute approximate surface area is 119 Å². The van der Waals surface area contributed by atoms with E-state index >= 15 is 0 Å². The number of nitrogens with one attached hydrogen (secondary N) is 1. The maximum absolute atomic E-state index is 10.6. The fourth-order valence-corrected chi connectivity index (χ4v) is 1.65. The van der Waals surface area contributed by atoms with Gasteiger partial charge in [-0.2, -0.15) is 0 Å². The fourth-order valence-electron chi connectivity index (χ4n) is 1.11. The second kappa shape index (κ2) is 9.22. The Balaban J connectivity index is 0.000000361. The molecule has 20 heavy (non-hydrogen) atoms. The maximum atomic E-state index is 10.6. The highest BCUT2D eigenvalue weighted by Crippen LogP contribution is 2.03. The lowest BCUT2D eigenvalue weighted by atomic mass is 10.3. The second-order valence-corrected chi connectivity index (χ2v) is 5.59. The van der Waals surface area contributed by atoms with Crippen molar-refractivity contribution < 1.29 is 18.0 Å². The average molecular weight is 300 g/mol. The molecule has 0 aliphatic rings. The summed E-state index contributed by atoms with van der Waals surface area (Å²) in [6, 6.07) is 7.89. The fraction of sp³-hybridized carbons (Fsp3) is 0.385. The first kappa shape index (κ1) is 18.3. The predicted molar refractivity (Wildman–Crippen MR) is 76.4 cm³/mol. The third-order valence-electron chi connectivity index (χ3n) is 2.21. The van der Waals surface area contributed by atoms with Crippen LogP contribution >= 0.6 is 0 Å². The smallest absolute Gasteiger partial charge is 0.287 e. The molecule has 0 heterocycles. The van der Waals surface area contributed by atoms with Gasteiger partial charge < -0.3 is 5.32 Å². The van der Waals surface area contributed by atoms with Crippen LogP contribution in [-0.2, 0) is 19.6 Å². The van der Waals surface area contributed by atoms with Gasteiger partial charge in [0.2, 0.25) is 15.8 Å². The molecule has 1 amide bonds. The number of carbonyl (C=O) groups is 2. The molecule has 1 aromatic carbocycles. The lowest BCUT2D eigenvalue weighted by Crippen LogP contribution is -2.29. The normalized spacial score (nSPS) is 10.2. The summed E-state index contributed by atoms with van der Waals surface area (Å²) in [7, 11) is -3.50. The van der Waals surface area contributed by atoms with E-state index in [1.807, 2.05) is 6.92 Å². The molecule has 7 heteroatoms. The van der Waals surface area contributed by atoms with Crippen LogP contribution in [0.2, 0.25) is 0 Å². The van der Waals surface area contributed by atoms with Gasteiger partial charge in [-0.15, -0.1) is 0 Å². The van der Waals surface area contributed by atoms with E-state index in [0.717, 1.165) is 12.8 Å². The maximum Gasteiger partial charge on any atom is 0.287 e. The number of hydrogen-bond acceptors (Lipinski definition) is 4. The zero-order chi connectivity index (χ0) is 15.6. The van der Waals surface area contributed by atoms with E-state index < -0.39 is 21.7 Å². The van der Waals surface area contributed by atoms with E-state index in [-0.39, 0.29) is 4.90 Å². The van der Waals surface area contributed by atoms with E-state index in [1.54, 1.807) is 18.2 Å². The molecule has 0 aliphatic carbocycles. The summed E-state index contributed by atoms with van der Waals surface area (Å²) in [6.45, 7) is 3.90. The van der Waals surface area contributed by atoms with Crippen LogP contribution in [0.5, 0.6) is 0 Å². The first-order chi connectivity index (χ1) is 9.29. The lowest BCUT2D eigenvalue weighted by Gasteiger charge is -1.98. The number of rotatable bonds is 5. The number of carbonyl (C=O) groups excluding carboxylic acids is 2. The minimum Gasteiger partial charge on any atom is -0.350 e. The van der Waals surface area contributed by atoms with E-state index in [1.165, 1.54) is 19.1 Å². The minimum atomic E-state index is -3.50. The molecular weight excluding hydrogens is 280 g/mol. The Morgan fingerprint density at radius 1 is 1.20 bits per heavy atom. The van der Waals surface area contributed by atoms with Crippen LogP contribution in [0.1, 0.15) is 26.7 Å². The standard InChI is InChI=1S/C7H13NO2.C6H7NO2S/c1-3-4-5-8-7(10)6(2)9;7-10(8,9)6-4-2-1-3-5-6/h3-5H2,1-2H3,(H,8,10);1-5H,(H2,7,8,9). The lowest BCUT2D eigenvalue weighted by molar-refractivity contribution is -0.136. The topological polar surface area (TPSA) is 106 Å². The summed E-state index contributed by atoms with van der Waals surface area (Å²) in [5, 5.41) is 7.32. The highest BCUT2D eigenvalue weighted by Gasteiger charge is 2.04. The van der Waals surface area contributed by atoms with Crippen LogP contribution < -0.4 is 10.5 Å². The number of primary sulfonamides is 1. The third-order valence-corrected chi connectivity index (χ3v) is 3.14. The van der Waals surface area contributed by atoms with Gasteiger partial charge >= 0.3 is 0 Å². The molecule has 0 fully saturated rings. The van der Waals surface area contributed by atoms with Crippen molar-refractivity contribution in [3.63, 3.8) is 0 Å². The highest BCUT2D eigenvalue weighted by molar-refractivity contribution is 7.89. The summed E-state index contributed by atoms with van der Waals surface area (Å²) in [5.74, 6) is -0.899. The van der Waals surface area contributed by atoms with Crippen LogP contribution in [0, 0.1) is 0 Å². The van der Waals surface area contributed by atoms with Gasteiger partial charge in [-0.3, -0.25) is 9.59 Å². The van der Waals surface area contributed by atoms with E-state index in [0.29, 0.717) is 6.54 Å². The number of unbranched alkanes of at least 4 members (excludes halogenated alkanes) is 1. The Morgan fingerprint density at radius 2 is 1.75 bits per heavy atom. The van der Waals surface area contributed by atoms with Crippen molar-refractivity contribution in [2.45, 2.75) is 31.6 Å². The van der Waals surface area contributed by atoms with Crippen molar-refractivity contribution >= 4 is 21.7 Å². The SMILES string of the molecule is CCCCNC(=O)C(C)=O.NS(=O)(=O)c1ccccc1. The molecule has 0 saturated heterocycles. The number of sulfonamides is 1. The monoisotopic (exact) mass is 300 g/mol. The van der Waals surface area contributed by atoms with Gasteiger partial charge in [0.05, 0.1) is 4.90 Å². The number of ketones is 1. The van der Waals surface area contributed by atoms with Crippen LogP contribution in [-0.4, -0.2) is 26.7 Å². The first-order valence-electron chi connectivity index (χ1n) is 6.15. The molecule has 6 nitrogen and oxygen atoms in total. The van der Waals surface area contributed by atoms with Gasteiger partial charge in [0.15, 0.2) is 0 Å². The minimum absolute atomic E-state index is 0.148. The highest BCUT2D eigenvalue weighted by atomic mass is 32.2. The first-order valence-corrected chi connectivity index (χ1v) is 7.70. The number of nitrogens with two attached hydrogens (primary N) is 1. The van der Waals surface area contributed by atoms with Crippen molar-refractivity contribution in [3.8, 4) is 0 Å². The second-order valence-electron chi connectivity index (χ2n) is 4.02. The van der Waals surface area contributed by atoms with Crippen LogP contribution in [0.3, 0.4) is 0 Å². The van der Waals surface area contributed by atoms with Gasteiger partial charge in [-0.25, -0.2) is 13.6 Å². The molecule has 0 atom stereocenters. The van der Waals surface area contributed by atoms with Crippen molar-refractivity contribution in [2.24, 2.45) is 5.14 Å². The Kier molecular flexibility index (Phi) is 8.42. The Bertz CT molecular complexity index is 527. The third kappa shape index (κ3) is 8.39. The molecular formula is C13H20N2O4S. The van der Waals surface area contributed by atoms with Gasteiger partial charge in [0.1, 0.15) is 0 Å². The molecule has 0 bridgehead atoms. The molecule has 1 rings (SSSR count). The van der Waals surface area contributed by atoms with Crippen LogP contribution in [0.25, 0.3) is 0 Å². The molecule has 0 radical (unpaired) electrons. The summed E-state index contributed by atoms with van der Waals surface area (Å²) >= 11 is 0. The van der Waals surface area contributed by atoms with Crippen molar-refractivity contribution in [1.29, 1.82) is 0 Å². The molecule has 0 spiro atoms.